The number of furan rings is 1. The van der Waals surface area contributed by atoms with E-state index in [2.05, 4.69) is 70.0 Å². The van der Waals surface area contributed by atoms with E-state index in [1.165, 1.54) is 53.8 Å². The van der Waals surface area contributed by atoms with Crippen LogP contribution in [0.4, 0.5) is 0 Å². The Kier molecular flexibility index (Phi) is 6.67. The molecule has 1 saturated carbocycles. The van der Waals surface area contributed by atoms with E-state index in [4.69, 9.17) is 9.15 Å². The fourth-order valence-electron chi connectivity index (χ4n) is 5.49. The molecule has 172 valence electrons. The van der Waals surface area contributed by atoms with Crippen molar-refractivity contribution in [3.63, 3.8) is 0 Å². The average molecular weight is 434 g/mol. The van der Waals surface area contributed by atoms with Crippen molar-refractivity contribution in [2.24, 2.45) is 5.41 Å². The van der Waals surface area contributed by atoms with Crippen molar-refractivity contribution >= 4 is 11.1 Å². The maximum Gasteiger partial charge on any atom is 0.133 e. The number of allylic oxidation sites excluding steroid dienone is 4. The van der Waals surface area contributed by atoms with Crippen LogP contribution in [0.15, 0.2) is 40.8 Å². The van der Waals surface area contributed by atoms with Crippen molar-refractivity contribution in [2.75, 3.05) is 20.1 Å². The molecule has 0 N–H and O–H groups in total. The molecule has 2 aromatic rings. The van der Waals surface area contributed by atoms with Gasteiger partial charge in [-0.25, -0.2) is 0 Å². The monoisotopic (exact) mass is 433 g/mol. The van der Waals surface area contributed by atoms with Crippen molar-refractivity contribution < 1.29 is 9.15 Å². The standard InChI is InChI=1S/C29H39NO2/c1-7-9-10-24(27-12-11-22(5)31-27)13-20(3)26-15-23(8-2)28(14-21(26)4)32-25-16-29(17-25)18-30(6)19-29/h10-15,25H,7-9,16-19H2,1-6H3/b20-13-,24-10-. The maximum absolute atomic E-state index is 6.50. The highest BCUT2D eigenvalue weighted by molar-refractivity contribution is 5.82. The number of hydrogen-bond donors (Lipinski definition) is 0. The van der Waals surface area contributed by atoms with Gasteiger partial charge >= 0.3 is 0 Å². The second kappa shape index (κ2) is 9.31. The van der Waals surface area contributed by atoms with Gasteiger partial charge in [-0.05, 0) is 106 Å². The molecule has 0 bridgehead atoms. The summed E-state index contributed by atoms with van der Waals surface area (Å²) >= 11 is 0. The van der Waals surface area contributed by atoms with E-state index in [1.54, 1.807) is 0 Å². The summed E-state index contributed by atoms with van der Waals surface area (Å²) in [5.41, 5.74) is 6.85. The van der Waals surface area contributed by atoms with Gasteiger partial charge in [0, 0.05) is 24.1 Å². The molecule has 0 unspecified atom stereocenters. The predicted molar refractivity (Wildman–Crippen MR) is 134 cm³/mol. The first-order valence-electron chi connectivity index (χ1n) is 12.3. The lowest BCUT2D eigenvalue weighted by Crippen LogP contribution is -2.63. The fraction of sp³-hybridized carbons (Fsp3) is 0.517. The van der Waals surface area contributed by atoms with Gasteiger partial charge in [0.15, 0.2) is 0 Å². The Balaban J connectivity index is 1.54. The molecule has 1 spiro atoms. The Morgan fingerprint density at radius 1 is 1.19 bits per heavy atom. The summed E-state index contributed by atoms with van der Waals surface area (Å²) in [5.74, 6) is 2.98. The molecule has 4 rings (SSSR count). The zero-order chi connectivity index (χ0) is 22.9. The predicted octanol–water partition coefficient (Wildman–Crippen LogP) is 7.22. The molecule has 1 aromatic heterocycles. The highest BCUT2D eigenvalue weighted by Gasteiger charge is 2.52. The second-order valence-electron chi connectivity index (χ2n) is 10.1. The van der Waals surface area contributed by atoms with Crippen LogP contribution in [-0.4, -0.2) is 31.1 Å². The topological polar surface area (TPSA) is 25.6 Å². The summed E-state index contributed by atoms with van der Waals surface area (Å²) in [6.45, 7) is 13.3. The van der Waals surface area contributed by atoms with Crippen molar-refractivity contribution in [3.8, 4) is 5.75 Å². The Hall–Kier alpha value is -2.26. The van der Waals surface area contributed by atoms with Crippen LogP contribution in [-0.2, 0) is 6.42 Å². The van der Waals surface area contributed by atoms with Crippen molar-refractivity contribution in [2.45, 2.75) is 72.8 Å². The Labute approximate surface area is 194 Å². The molecule has 1 aliphatic carbocycles. The molecule has 1 saturated heterocycles. The van der Waals surface area contributed by atoms with Crippen LogP contribution in [0, 0.1) is 19.3 Å². The Bertz CT molecular complexity index is 1010. The molecule has 2 heterocycles. The third-order valence-electron chi connectivity index (χ3n) is 7.09. The molecule has 0 amide bonds. The number of unbranched alkanes of at least 4 members (excludes halogenated alkanes) is 1. The zero-order valence-corrected chi connectivity index (χ0v) is 20.8. The molecule has 2 aliphatic rings. The van der Waals surface area contributed by atoms with E-state index in [9.17, 15) is 0 Å². The van der Waals surface area contributed by atoms with Gasteiger partial charge in [-0.2, -0.15) is 0 Å². The molecule has 3 nitrogen and oxygen atoms in total. The number of ether oxygens (including phenoxy) is 1. The molecule has 3 heteroatoms. The highest BCUT2D eigenvalue weighted by Crippen LogP contribution is 2.49. The quantitative estimate of drug-likeness (QED) is 0.411. The van der Waals surface area contributed by atoms with E-state index in [0.717, 1.165) is 36.5 Å². The van der Waals surface area contributed by atoms with Crippen LogP contribution in [0.1, 0.15) is 74.7 Å². The normalized spacial score (nSPS) is 19.2. The van der Waals surface area contributed by atoms with Crippen LogP contribution in [0.5, 0.6) is 5.75 Å². The van der Waals surface area contributed by atoms with E-state index < -0.39 is 0 Å². The van der Waals surface area contributed by atoms with Gasteiger partial charge < -0.3 is 14.1 Å². The first-order valence-corrected chi connectivity index (χ1v) is 12.3. The molecule has 2 fully saturated rings. The summed E-state index contributed by atoms with van der Waals surface area (Å²) in [6.07, 6.45) is 10.5. The maximum atomic E-state index is 6.50. The summed E-state index contributed by atoms with van der Waals surface area (Å²) < 4.78 is 12.4. The third kappa shape index (κ3) is 4.73. The van der Waals surface area contributed by atoms with Crippen molar-refractivity contribution in [1.82, 2.24) is 4.90 Å². The minimum atomic E-state index is 0.377. The molecule has 0 radical (unpaired) electrons. The van der Waals surface area contributed by atoms with Gasteiger partial charge in [-0.15, -0.1) is 0 Å². The lowest BCUT2D eigenvalue weighted by Gasteiger charge is -2.57. The van der Waals surface area contributed by atoms with Crippen LogP contribution in [0.3, 0.4) is 0 Å². The highest BCUT2D eigenvalue weighted by atomic mass is 16.5. The molecule has 32 heavy (non-hydrogen) atoms. The number of hydrogen-bond acceptors (Lipinski definition) is 3. The summed E-state index contributed by atoms with van der Waals surface area (Å²) in [5, 5.41) is 0. The lowest BCUT2D eigenvalue weighted by molar-refractivity contribution is -0.109. The molecular weight excluding hydrogens is 394 g/mol. The van der Waals surface area contributed by atoms with E-state index >= 15 is 0 Å². The largest absolute Gasteiger partial charge is 0.490 e. The lowest BCUT2D eigenvalue weighted by atomic mass is 9.62. The van der Waals surface area contributed by atoms with Crippen LogP contribution in [0.2, 0.25) is 0 Å². The Morgan fingerprint density at radius 3 is 2.53 bits per heavy atom. The minimum Gasteiger partial charge on any atom is -0.490 e. The van der Waals surface area contributed by atoms with Gasteiger partial charge in [0.2, 0.25) is 0 Å². The number of aryl methyl sites for hydroxylation is 3. The van der Waals surface area contributed by atoms with E-state index in [0.29, 0.717) is 11.5 Å². The zero-order valence-electron chi connectivity index (χ0n) is 20.8. The van der Waals surface area contributed by atoms with Gasteiger partial charge in [0.05, 0.1) is 6.10 Å². The van der Waals surface area contributed by atoms with Gasteiger partial charge in [0.1, 0.15) is 17.3 Å². The summed E-state index contributed by atoms with van der Waals surface area (Å²) in [4.78, 5) is 2.41. The number of benzene rings is 1. The number of nitrogens with zero attached hydrogens (tertiary/aromatic N) is 1. The van der Waals surface area contributed by atoms with Gasteiger partial charge in [-0.3, -0.25) is 0 Å². The van der Waals surface area contributed by atoms with Crippen molar-refractivity contribution in [3.05, 3.63) is 64.6 Å². The molecule has 1 aromatic carbocycles. The van der Waals surface area contributed by atoms with Crippen molar-refractivity contribution in [1.29, 1.82) is 0 Å². The molecule has 0 atom stereocenters. The van der Waals surface area contributed by atoms with Gasteiger partial charge in [-0.1, -0.05) is 26.3 Å². The van der Waals surface area contributed by atoms with Crippen LogP contribution < -0.4 is 4.74 Å². The average Bonchev–Trinajstić information content (AvgIpc) is 3.14. The summed E-state index contributed by atoms with van der Waals surface area (Å²) in [7, 11) is 2.21. The number of rotatable bonds is 8. The third-order valence-corrected chi connectivity index (χ3v) is 7.09. The number of likely N-dealkylation sites (tertiary alicyclic amines) is 1. The van der Waals surface area contributed by atoms with E-state index in [1.807, 2.05) is 13.0 Å². The summed E-state index contributed by atoms with van der Waals surface area (Å²) in [6, 6.07) is 8.72. The smallest absolute Gasteiger partial charge is 0.133 e. The molecule has 1 aliphatic heterocycles. The van der Waals surface area contributed by atoms with Gasteiger partial charge in [0.25, 0.3) is 0 Å². The minimum absolute atomic E-state index is 0.377. The second-order valence-corrected chi connectivity index (χ2v) is 10.1. The van der Waals surface area contributed by atoms with Crippen LogP contribution >= 0.6 is 0 Å². The first-order chi connectivity index (χ1) is 15.3. The SMILES string of the molecule is CCC/C=C(/C=C(/C)c1cc(CC)c(OC2CC3(C2)CN(C)C3)cc1C)c1ccc(C)o1. The molecular formula is C29H39NO2. The fourth-order valence-corrected chi connectivity index (χ4v) is 5.49. The Morgan fingerprint density at radius 2 is 1.94 bits per heavy atom. The van der Waals surface area contributed by atoms with Crippen LogP contribution in [0.25, 0.3) is 11.1 Å². The van der Waals surface area contributed by atoms with E-state index in [-0.39, 0.29) is 0 Å². The first kappa shape index (κ1) is 22.9.